The largest absolute Gasteiger partial charge is 0.466 e. The quantitative estimate of drug-likeness (QED) is 0.565. The van der Waals surface area contributed by atoms with Crippen molar-refractivity contribution in [3.8, 4) is 11.1 Å². The Balaban J connectivity index is 2.12. The summed E-state index contributed by atoms with van der Waals surface area (Å²) in [5.74, 6) is -0.395. The molecule has 0 bridgehead atoms. The molecule has 0 saturated carbocycles. The number of anilines is 1. The van der Waals surface area contributed by atoms with Gasteiger partial charge in [-0.25, -0.2) is 0 Å². The number of carbonyl (C=O) groups excluding carboxylic acids is 2. The van der Waals surface area contributed by atoms with Crippen molar-refractivity contribution in [1.29, 1.82) is 0 Å². The number of hydrogen-bond acceptors (Lipinski definition) is 3. The first-order chi connectivity index (χ1) is 11.5. The molecule has 6 heteroatoms. The molecule has 2 aromatic carbocycles. The number of alkyl halides is 1. The Morgan fingerprint density at radius 2 is 1.79 bits per heavy atom. The van der Waals surface area contributed by atoms with Crippen molar-refractivity contribution in [3.05, 3.63) is 53.1 Å². The second-order valence-corrected chi connectivity index (χ2v) is 6.02. The van der Waals surface area contributed by atoms with Crippen LogP contribution in [-0.4, -0.2) is 23.8 Å². The molecule has 24 heavy (non-hydrogen) atoms. The summed E-state index contributed by atoms with van der Waals surface area (Å²) < 4.78 is 4.94. The van der Waals surface area contributed by atoms with E-state index < -0.39 is 0 Å². The minimum Gasteiger partial charge on any atom is -0.466 e. The van der Waals surface area contributed by atoms with Gasteiger partial charge in [0.15, 0.2) is 0 Å². The highest BCUT2D eigenvalue weighted by atomic mass is 79.9. The van der Waals surface area contributed by atoms with E-state index in [1.807, 2.05) is 30.3 Å². The Kier molecular flexibility index (Phi) is 6.82. The van der Waals surface area contributed by atoms with Crippen LogP contribution in [0.1, 0.15) is 12.5 Å². The van der Waals surface area contributed by atoms with Gasteiger partial charge in [-0.2, -0.15) is 0 Å². The van der Waals surface area contributed by atoms with Gasteiger partial charge in [0.05, 0.1) is 29.1 Å². The maximum Gasteiger partial charge on any atom is 0.310 e. The second kappa shape index (κ2) is 8.85. The summed E-state index contributed by atoms with van der Waals surface area (Å²) in [6.07, 6.45) is 0.256. The Hall–Kier alpha value is -1.85. The van der Waals surface area contributed by atoms with Gasteiger partial charge in [-0.1, -0.05) is 57.9 Å². The van der Waals surface area contributed by atoms with E-state index in [-0.39, 0.29) is 23.6 Å². The maximum atomic E-state index is 11.5. The molecule has 0 aliphatic rings. The fourth-order valence-corrected chi connectivity index (χ4v) is 2.54. The Morgan fingerprint density at radius 3 is 2.38 bits per heavy atom. The number of halogens is 2. The second-order valence-electron chi connectivity index (χ2n) is 5.06. The van der Waals surface area contributed by atoms with Gasteiger partial charge in [-0.05, 0) is 35.7 Å². The first kappa shape index (κ1) is 18.5. The van der Waals surface area contributed by atoms with Crippen LogP contribution in [0, 0.1) is 0 Å². The van der Waals surface area contributed by atoms with Crippen LogP contribution in [0.15, 0.2) is 42.5 Å². The van der Waals surface area contributed by atoms with E-state index in [0.29, 0.717) is 17.3 Å². The zero-order chi connectivity index (χ0) is 17.5. The van der Waals surface area contributed by atoms with Crippen molar-refractivity contribution in [2.24, 2.45) is 0 Å². The lowest BCUT2D eigenvalue weighted by Crippen LogP contribution is -2.12. The van der Waals surface area contributed by atoms with E-state index in [9.17, 15) is 9.59 Å². The first-order valence-corrected chi connectivity index (χ1v) is 8.93. The Morgan fingerprint density at radius 1 is 1.12 bits per heavy atom. The fraction of sp³-hybridized carbons (Fsp3) is 0.222. The predicted octanol–water partition coefficient (Wildman–Crippen LogP) is 4.45. The molecule has 0 saturated heterocycles. The van der Waals surface area contributed by atoms with Gasteiger partial charge < -0.3 is 10.1 Å². The first-order valence-electron chi connectivity index (χ1n) is 7.43. The number of rotatable bonds is 6. The van der Waals surface area contributed by atoms with Gasteiger partial charge in [0.25, 0.3) is 0 Å². The average molecular weight is 411 g/mol. The molecule has 0 radical (unpaired) electrons. The number of carbonyl (C=O) groups is 2. The van der Waals surface area contributed by atoms with Crippen molar-refractivity contribution < 1.29 is 14.3 Å². The molecule has 0 aliphatic heterocycles. The molecule has 0 atom stereocenters. The van der Waals surface area contributed by atoms with Crippen LogP contribution in [0.4, 0.5) is 5.69 Å². The number of amides is 1. The minimum absolute atomic E-state index is 0.159. The molecular formula is C18H17BrClNO3. The van der Waals surface area contributed by atoms with Crippen molar-refractivity contribution >= 4 is 45.1 Å². The van der Waals surface area contributed by atoms with E-state index >= 15 is 0 Å². The smallest absolute Gasteiger partial charge is 0.310 e. The normalized spacial score (nSPS) is 10.3. The molecular weight excluding hydrogens is 394 g/mol. The number of nitrogens with one attached hydrogen (secondary N) is 1. The summed E-state index contributed by atoms with van der Waals surface area (Å²) in [6, 6.07) is 13.1. The molecule has 0 unspecified atom stereocenters. The van der Waals surface area contributed by atoms with Gasteiger partial charge >= 0.3 is 5.97 Å². The van der Waals surface area contributed by atoms with E-state index in [1.54, 1.807) is 19.1 Å². The summed E-state index contributed by atoms with van der Waals surface area (Å²) in [4.78, 5) is 22.9. The standard InChI is InChI=1S/C18H17BrClNO3/c1-2-24-18(23)9-12-3-5-13(6-4-12)14-7-8-16(15(20)10-14)21-17(22)11-19/h3-8,10H,2,9,11H2,1H3,(H,21,22). The molecule has 4 nitrogen and oxygen atoms in total. The molecule has 0 fully saturated rings. The molecule has 0 aromatic heterocycles. The molecule has 2 aromatic rings. The summed E-state index contributed by atoms with van der Waals surface area (Å²) >= 11 is 9.32. The number of hydrogen-bond donors (Lipinski definition) is 1. The predicted molar refractivity (Wildman–Crippen MR) is 99.6 cm³/mol. The highest BCUT2D eigenvalue weighted by Gasteiger charge is 2.08. The Bertz CT molecular complexity index is 732. The molecule has 0 spiro atoms. The molecule has 0 aliphatic carbocycles. The molecule has 126 valence electrons. The van der Waals surface area contributed by atoms with Crippen LogP contribution >= 0.6 is 27.5 Å². The van der Waals surface area contributed by atoms with E-state index in [0.717, 1.165) is 16.7 Å². The van der Waals surface area contributed by atoms with Gasteiger partial charge in [0, 0.05) is 0 Å². The number of benzene rings is 2. The van der Waals surface area contributed by atoms with Gasteiger partial charge in [0.2, 0.25) is 5.91 Å². The monoisotopic (exact) mass is 409 g/mol. The average Bonchev–Trinajstić information content (AvgIpc) is 2.57. The van der Waals surface area contributed by atoms with Crippen LogP contribution < -0.4 is 5.32 Å². The zero-order valence-electron chi connectivity index (χ0n) is 13.1. The summed E-state index contributed by atoms with van der Waals surface area (Å²) in [6.45, 7) is 2.17. The van der Waals surface area contributed by atoms with Gasteiger partial charge in [-0.3, -0.25) is 9.59 Å². The zero-order valence-corrected chi connectivity index (χ0v) is 15.5. The van der Waals surface area contributed by atoms with E-state index in [4.69, 9.17) is 16.3 Å². The molecule has 1 N–H and O–H groups in total. The number of esters is 1. The van der Waals surface area contributed by atoms with Gasteiger partial charge in [0.1, 0.15) is 0 Å². The van der Waals surface area contributed by atoms with Gasteiger partial charge in [-0.15, -0.1) is 0 Å². The third-order valence-electron chi connectivity index (χ3n) is 3.31. The van der Waals surface area contributed by atoms with Crippen molar-refractivity contribution in [2.45, 2.75) is 13.3 Å². The Labute approximate surface area is 154 Å². The minimum atomic E-state index is -0.236. The van der Waals surface area contributed by atoms with Crippen LogP contribution in [0.25, 0.3) is 11.1 Å². The lowest BCUT2D eigenvalue weighted by molar-refractivity contribution is -0.142. The summed E-state index contributed by atoms with van der Waals surface area (Å²) in [7, 11) is 0. The molecule has 2 rings (SSSR count). The van der Waals surface area contributed by atoms with Crippen LogP contribution in [0.2, 0.25) is 5.02 Å². The summed E-state index contributed by atoms with van der Waals surface area (Å²) in [5, 5.41) is 3.40. The van der Waals surface area contributed by atoms with Crippen molar-refractivity contribution in [3.63, 3.8) is 0 Å². The van der Waals surface area contributed by atoms with E-state index in [2.05, 4.69) is 21.2 Å². The van der Waals surface area contributed by atoms with Crippen LogP contribution in [0.5, 0.6) is 0 Å². The van der Waals surface area contributed by atoms with Crippen molar-refractivity contribution in [2.75, 3.05) is 17.3 Å². The van der Waals surface area contributed by atoms with E-state index in [1.165, 1.54) is 0 Å². The topological polar surface area (TPSA) is 55.4 Å². The third kappa shape index (κ3) is 5.08. The number of ether oxygens (including phenoxy) is 1. The lowest BCUT2D eigenvalue weighted by atomic mass is 10.0. The van der Waals surface area contributed by atoms with Crippen molar-refractivity contribution in [1.82, 2.24) is 0 Å². The SMILES string of the molecule is CCOC(=O)Cc1ccc(-c2ccc(NC(=O)CBr)c(Cl)c2)cc1. The highest BCUT2D eigenvalue weighted by Crippen LogP contribution is 2.29. The molecule has 0 heterocycles. The third-order valence-corrected chi connectivity index (χ3v) is 4.13. The molecule has 1 amide bonds. The fourth-order valence-electron chi connectivity index (χ4n) is 2.17. The lowest BCUT2D eigenvalue weighted by Gasteiger charge is -2.09. The highest BCUT2D eigenvalue weighted by molar-refractivity contribution is 9.09. The maximum absolute atomic E-state index is 11.5. The summed E-state index contributed by atoms with van der Waals surface area (Å²) in [5.41, 5.74) is 3.37. The van der Waals surface area contributed by atoms with Crippen LogP contribution in [0.3, 0.4) is 0 Å². The van der Waals surface area contributed by atoms with Crippen LogP contribution in [-0.2, 0) is 20.7 Å².